The topological polar surface area (TPSA) is 92.4 Å². The van der Waals surface area contributed by atoms with Crippen LogP contribution in [0.25, 0.3) is 0 Å². The van der Waals surface area contributed by atoms with Crippen LogP contribution in [0.3, 0.4) is 0 Å². The molecule has 6 heteroatoms. The Morgan fingerprint density at radius 3 is 2.46 bits per heavy atom. The number of urea groups is 1. The van der Waals surface area contributed by atoms with Crippen molar-refractivity contribution in [2.75, 3.05) is 0 Å². The van der Waals surface area contributed by atoms with Gasteiger partial charge in [0.25, 0.3) is 0 Å². The molecule has 0 aromatic heterocycles. The minimum atomic E-state index is -0.834. The lowest BCUT2D eigenvalue weighted by molar-refractivity contribution is -0.125. The van der Waals surface area contributed by atoms with Crippen molar-refractivity contribution in [1.82, 2.24) is 5.32 Å². The number of hydrogen-bond acceptors (Lipinski definition) is 3. The standard InChI is InChI=1S/C20H29ClN2O3/c21-17-9-6-14(7-10-17)8-11-18(24)13-16(19(25)23-20(22)26)12-15-4-2-1-3-5-15/h6-7,9-10,15-16,18,24H,1-5,8,11-13H2,(H3,22,23,25,26)/t16-,18+/m1/s1. The Morgan fingerprint density at radius 2 is 1.85 bits per heavy atom. The van der Waals surface area contributed by atoms with Crippen molar-refractivity contribution in [3.05, 3.63) is 34.9 Å². The van der Waals surface area contributed by atoms with Crippen LogP contribution >= 0.6 is 11.6 Å². The maximum Gasteiger partial charge on any atom is 0.318 e. The molecular weight excluding hydrogens is 352 g/mol. The number of carbonyl (C=O) groups excluding carboxylic acids is 2. The highest BCUT2D eigenvalue weighted by molar-refractivity contribution is 6.30. The molecule has 2 atom stereocenters. The molecule has 1 aromatic carbocycles. The lowest BCUT2D eigenvalue weighted by atomic mass is 9.80. The molecule has 1 aliphatic carbocycles. The Labute approximate surface area is 160 Å². The van der Waals surface area contributed by atoms with Crippen LogP contribution in [0.1, 0.15) is 56.9 Å². The predicted molar refractivity (Wildman–Crippen MR) is 103 cm³/mol. The van der Waals surface area contributed by atoms with Gasteiger partial charge >= 0.3 is 6.03 Å². The fourth-order valence-corrected chi connectivity index (χ4v) is 3.92. The highest BCUT2D eigenvalue weighted by atomic mass is 35.5. The van der Waals surface area contributed by atoms with Crippen molar-refractivity contribution in [3.63, 3.8) is 0 Å². The zero-order chi connectivity index (χ0) is 18.9. The van der Waals surface area contributed by atoms with E-state index < -0.39 is 12.1 Å². The van der Waals surface area contributed by atoms with E-state index in [1.54, 1.807) is 0 Å². The molecule has 0 aliphatic heterocycles. The molecule has 0 spiro atoms. The molecular formula is C20H29ClN2O3. The lowest BCUT2D eigenvalue weighted by Crippen LogP contribution is -2.41. The molecule has 3 amide bonds. The molecule has 0 radical (unpaired) electrons. The minimum Gasteiger partial charge on any atom is -0.393 e. The number of imide groups is 1. The number of aliphatic hydroxyl groups excluding tert-OH is 1. The number of aliphatic hydroxyl groups is 1. The molecule has 1 aliphatic rings. The Bertz CT molecular complexity index is 585. The molecule has 0 bridgehead atoms. The van der Waals surface area contributed by atoms with Gasteiger partial charge in [0.15, 0.2) is 0 Å². The van der Waals surface area contributed by atoms with Crippen LogP contribution in [0.2, 0.25) is 5.02 Å². The third-order valence-corrected chi connectivity index (χ3v) is 5.45. The van der Waals surface area contributed by atoms with Crippen molar-refractivity contribution in [3.8, 4) is 0 Å². The number of nitrogens with one attached hydrogen (secondary N) is 1. The van der Waals surface area contributed by atoms with Gasteiger partial charge in [0, 0.05) is 10.9 Å². The summed E-state index contributed by atoms with van der Waals surface area (Å²) >= 11 is 5.88. The molecule has 4 N–H and O–H groups in total. The van der Waals surface area contributed by atoms with Crippen LogP contribution in [-0.4, -0.2) is 23.1 Å². The zero-order valence-corrected chi connectivity index (χ0v) is 15.9. The number of benzene rings is 1. The van der Waals surface area contributed by atoms with Crippen LogP contribution < -0.4 is 11.1 Å². The van der Waals surface area contributed by atoms with Crippen molar-refractivity contribution >= 4 is 23.5 Å². The number of nitrogens with two attached hydrogens (primary N) is 1. The van der Waals surface area contributed by atoms with Crippen LogP contribution in [0.15, 0.2) is 24.3 Å². The lowest BCUT2D eigenvalue weighted by Gasteiger charge is -2.27. The molecule has 1 fully saturated rings. The van der Waals surface area contributed by atoms with Crippen LogP contribution in [0.4, 0.5) is 4.79 Å². The average molecular weight is 381 g/mol. The molecule has 0 unspecified atom stereocenters. The molecule has 0 saturated heterocycles. The maximum absolute atomic E-state index is 12.3. The van der Waals surface area contributed by atoms with Gasteiger partial charge in [-0.05, 0) is 49.3 Å². The number of halogens is 1. The number of carbonyl (C=O) groups is 2. The second kappa shape index (κ2) is 10.5. The third kappa shape index (κ3) is 7.34. The van der Waals surface area contributed by atoms with E-state index in [-0.39, 0.29) is 11.8 Å². The molecule has 5 nitrogen and oxygen atoms in total. The maximum atomic E-state index is 12.3. The van der Waals surface area contributed by atoms with E-state index in [9.17, 15) is 14.7 Å². The van der Waals surface area contributed by atoms with Crippen LogP contribution in [0, 0.1) is 11.8 Å². The summed E-state index contributed by atoms with van der Waals surface area (Å²) in [5, 5.41) is 13.3. The first-order valence-electron chi connectivity index (χ1n) is 9.47. The van der Waals surface area contributed by atoms with Crippen molar-refractivity contribution in [1.29, 1.82) is 0 Å². The van der Waals surface area contributed by atoms with E-state index in [4.69, 9.17) is 17.3 Å². The van der Waals surface area contributed by atoms with E-state index >= 15 is 0 Å². The van der Waals surface area contributed by atoms with Crippen LogP contribution in [-0.2, 0) is 11.2 Å². The molecule has 1 saturated carbocycles. The summed E-state index contributed by atoms with van der Waals surface area (Å²) in [6, 6.07) is 6.70. The monoisotopic (exact) mass is 380 g/mol. The first-order chi connectivity index (χ1) is 12.4. The van der Waals surface area contributed by atoms with Gasteiger partial charge in [-0.15, -0.1) is 0 Å². The fraction of sp³-hybridized carbons (Fsp3) is 0.600. The average Bonchev–Trinajstić information content (AvgIpc) is 2.61. The minimum absolute atomic E-state index is 0.350. The van der Waals surface area contributed by atoms with Crippen molar-refractivity contribution < 1.29 is 14.7 Å². The Morgan fingerprint density at radius 1 is 1.19 bits per heavy atom. The number of hydrogen-bond donors (Lipinski definition) is 3. The summed E-state index contributed by atoms with van der Waals surface area (Å²) in [5.74, 6) is -0.268. The highest BCUT2D eigenvalue weighted by Crippen LogP contribution is 2.31. The molecule has 2 rings (SSSR count). The normalized spacial score (nSPS) is 17.5. The largest absolute Gasteiger partial charge is 0.393 e. The van der Waals surface area contributed by atoms with Gasteiger partial charge in [-0.25, -0.2) is 4.79 Å². The van der Waals surface area contributed by atoms with Crippen molar-refractivity contribution in [2.45, 2.75) is 63.9 Å². The third-order valence-electron chi connectivity index (χ3n) is 5.20. The van der Waals surface area contributed by atoms with Gasteiger partial charge in [0.2, 0.25) is 5.91 Å². The van der Waals surface area contributed by atoms with Crippen LogP contribution in [0.5, 0.6) is 0 Å². The SMILES string of the molecule is NC(=O)NC(=O)[C@H](CC1CCCCC1)C[C@@H](O)CCc1ccc(Cl)cc1. The molecule has 0 heterocycles. The number of primary amides is 1. The van der Waals surface area contributed by atoms with E-state index in [2.05, 4.69) is 5.32 Å². The Kier molecular flexibility index (Phi) is 8.39. The summed E-state index contributed by atoms with van der Waals surface area (Å²) in [5.41, 5.74) is 6.19. The van der Waals surface area contributed by atoms with Gasteiger partial charge in [0.1, 0.15) is 0 Å². The summed E-state index contributed by atoms with van der Waals surface area (Å²) < 4.78 is 0. The van der Waals surface area contributed by atoms with E-state index in [1.165, 1.54) is 19.3 Å². The summed E-state index contributed by atoms with van der Waals surface area (Å²) in [4.78, 5) is 23.4. The molecule has 1 aromatic rings. The molecule has 144 valence electrons. The summed E-state index contributed by atoms with van der Waals surface area (Å²) in [6.07, 6.45) is 7.58. The second-order valence-corrected chi connectivity index (χ2v) is 7.78. The highest BCUT2D eigenvalue weighted by Gasteiger charge is 2.27. The Hall–Kier alpha value is -1.59. The number of amides is 3. The van der Waals surface area contributed by atoms with Gasteiger partial charge in [0.05, 0.1) is 6.10 Å². The number of rotatable bonds is 8. The fourth-order valence-electron chi connectivity index (χ4n) is 3.79. The first kappa shape index (κ1) is 20.7. The van der Waals surface area contributed by atoms with Gasteiger partial charge in [-0.1, -0.05) is 55.8 Å². The predicted octanol–water partition coefficient (Wildman–Crippen LogP) is 3.81. The van der Waals surface area contributed by atoms with E-state index in [1.807, 2.05) is 24.3 Å². The van der Waals surface area contributed by atoms with E-state index in [0.717, 1.165) is 18.4 Å². The zero-order valence-electron chi connectivity index (χ0n) is 15.1. The van der Waals surface area contributed by atoms with E-state index in [0.29, 0.717) is 36.6 Å². The van der Waals surface area contributed by atoms with Gasteiger partial charge in [-0.2, -0.15) is 0 Å². The smallest absolute Gasteiger partial charge is 0.318 e. The van der Waals surface area contributed by atoms with Gasteiger partial charge < -0.3 is 10.8 Å². The van der Waals surface area contributed by atoms with Gasteiger partial charge in [-0.3, -0.25) is 10.1 Å². The Balaban J connectivity index is 1.89. The number of aryl methyl sites for hydroxylation is 1. The van der Waals surface area contributed by atoms with Crippen molar-refractivity contribution in [2.24, 2.45) is 17.6 Å². The molecule has 26 heavy (non-hydrogen) atoms. The summed E-state index contributed by atoms with van der Waals surface area (Å²) in [6.45, 7) is 0. The summed E-state index contributed by atoms with van der Waals surface area (Å²) in [7, 11) is 0. The second-order valence-electron chi connectivity index (χ2n) is 7.34. The first-order valence-corrected chi connectivity index (χ1v) is 9.84. The quantitative estimate of drug-likeness (QED) is 0.640.